The predicted molar refractivity (Wildman–Crippen MR) is 114 cm³/mol. The maximum Gasteiger partial charge on any atom is 0.416 e. The number of ether oxygens (including phenoxy) is 1. The first-order chi connectivity index (χ1) is 15.2. The monoisotopic (exact) mass is 453 g/mol. The molecule has 1 heterocycles. The first kappa shape index (κ1) is 25.6. The van der Waals surface area contributed by atoms with Crippen LogP contribution in [0, 0.1) is 0 Å². The minimum absolute atomic E-state index is 0.0384. The molecule has 1 aliphatic heterocycles. The van der Waals surface area contributed by atoms with Gasteiger partial charge < -0.3 is 9.64 Å². The summed E-state index contributed by atoms with van der Waals surface area (Å²) in [6.45, 7) is 2.73. The molecule has 0 radical (unpaired) electrons. The number of esters is 1. The van der Waals surface area contributed by atoms with Gasteiger partial charge in [-0.3, -0.25) is 14.4 Å². The van der Waals surface area contributed by atoms with Crippen molar-refractivity contribution in [3.63, 3.8) is 0 Å². The van der Waals surface area contributed by atoms with Gasteiger partial charge in [-0.05, 0) is 43.9 Å². The molecule has 176 valence electrons. The molecule has 1 aliphatic rings. The van der Waals surface area contributed by atoms with Gasteiger partial charge in [0.1, 0.15) is 0 Å². The van der Waals surface area contributed by atoms with Crippen molar-refractivity contribution in [2.45, 2.75) is 70.5 Å². The summed E-state index contributed by atoms with van der Waals surface area (Å²) in [6, 6.07) is 4.57. The van der Waals surface area contributed by atoms with Crippen molar-refractivity contribution in [3.05, 3.63) is 47.5 Å². The number of amides is 1. The van der Waals surface area contributed by atoms with Crippen LogP contribution in [0.1, 0.15) is 63.0 Å². The molecular weight excluding hydrogens is 423 g/mol. The van der Waals surface area contributed by atoms with E-state index in [1.165, 1.54) is 18.2 Å². The lowest BCUT2D eigenvalue weighted by Crippen LogP contribution is -2.32. The average Bonchev–Trinajstić information content (AvgIpc) is 3.08. The number of unbranched alkanes of at least 4 members (excludes halogenated alkanes) is 3. The van der Waals surface area contributed by atoms with Crippen molar-refractivity contribution in [3.8, 4) is 0 Å². The Labute approximate surface area is 186 Å². The molecule has 0 aliphatic carbocycles. The fraction of sp³-hybridized carbons (Fsp3) is 0.542. The molecule has 1 amide bonds. The minimum Gasteiger partial charge on any atom is -0.466 e. The summed E-state index contributed by atoms with van der Waals surface area (Å²) < 4.78 is 43.3. The number of hydrogen-bond donors (Lipinski definition) is 0. The van der Waals surface area contributed by atoms with E-state index in [-0.39, 0.29) is 30.1 Å². The Morgan fingerprint density at radius 2 is 1.94 bits per heavy atom. The Morgan fingerprint density at radius 3 is 2.66 bits per heavy atom. The standard InChI is InChI=1S/C24H30F3NO4/c1-2-32-23(31)10-5-3-4-6-15-28-20(12-14-22(28)30)11-13-21(29)17-18-8-7-9-19(16-18)24(25,26)27/h7-9,11,13,16,20H,2-6,10,12,14-15,17H2,1H3/t20-/m0/s1. The molecule has 0 bridgehead atoms. The van der Waals surface area contributed by atoms with Gasteiger partial charge in [0.05, 0.1) is 18.2 Å². The van der Waals surface area contributed by atoms with Gasteiger partial charge in [-0.2, -0.15) is 13.2 Å². The van der Waals surface area contributed by atoms with Gasteiger partial charge in [0.25, 0.3) is 0 Å². The Hall–Kier alpha value is -2.64. The zero-order valence-corrected chi connectivity index (χ0v) is 18.3. The zero-order chi connectivity index (χ0) is 23.6. The highest BCUT2D eigenvalue weighted by atomic mass is 19.4. The molecule has 1 saturated heterocycles. The number of halogens is 3. The Bertz CT molecular complexity index is 820. The molecule has 5 nitrogen and oxygen atoms in total. The first-order valence-corrected chi connectivity index (χ1v) is 11.0. The summed E-state index contributed by atoms with van der Waals surface area (Å²) in [4.78, 5) is 37.5. The topological polar surface area (TPSA) is 63.7 Å². The second-order valence-corrected chi connectivity index (χ2v) is 7.86. The smallest absolute Gasteiger partial charge is 0.416 e. The van der Waals surface area contributed by atoms with E-state index < -0.39 is 11.7 Å². The van der Waals surface area contributed by atoms with Gasteiger partial charge in [0.2, 0.25) is 5.91 Å². The van der Waals surface area contributed by atoms with Crippen LogP contribution in [0.2, 0.25) is 0 Å². The van der Waals surface area contributed by atoms with Gasteiger partial charge >= 0.3 is 12.1 Å². The third-order valence-corrected chi connectivity index (χ3v) is 5.35. The molecule has 0 aromatic heterocycles. The van der Waals surface area contributed by atoms with E-state index in [0.717, 1.165) is 37.8 Å². The lowest BCUT2D eigenvalue weighted by molar-refractivity contribution is -0.143. The van der Waals surface area contributed by atoms with Crippen LogP contribution in [0.5, 0.6) is 0 Å². The molecular formula is C24H30F3NO4. The van der Waals surface area contributed by atoms with Crippen molar-refractivity contribution in [1.29, 1.82) is 0 Å². The number of carbonyl (C=O) groups excluding carboxylic acids is 3. The largest absolute Gasteiger partial charge is 0.466 e. The first-order valence-electron chi connectivity index (χ1n) is 11.0. The number of ketones is 1. The van der Waals surface area contributed by atoms with E-state index in [0.29, 0.717) is 38.0 Å². The second kappa shape index (κ2) is 12.4. The molecule has 0 saturated carbocycles. The van der Waals surface area contributed by atoms with Gasteiger partial charge in [-0.15, -0.1) is 0 Å². The summed E-state index contributed by atoms with van der Waals surface area (Å²) in [5.74, 6) is -0.457. The van der Waals surface area contributed by atoms with Crippen LogP contribution in [-0.4, -0.2) is 41.8 Å². The quantitative estimate of drug-likeness (QED) is 0.257. The summed E-state index contributed by atoms with van der Waals surface area (Å²) >= 11 is 0. The van der Waals surface area contributed by atoms with Crippen molar-refractivity contribution >= 4 is 17.7 Å². The van der Waals surface area contributed by atoms with Crippen LogP contribution >= 0.6 is 0 Å². The highest BCUT2D eigenvalue weighted by molar-refractivity contribution is 5.91. The fourth-order valence-corrected chi connectivity index (χ4v) is 3.72. The number of allylic oxidation sites excluding steroid dienone is 1. The highest BCUT2D eigenvalue weighted by Gasteiger charge is 2.30. The molecule has 1 aromatic rings. The van der Waals surface area contributed by atoms with Crippen molar-refractivity contribution in [1.82, 2.24) is 4.90 Å². The number of alkyl halides is 3. The van der Waals surface area contributed by atoms with E-state index >= 15 is 0 Å². The van der Waals surface area contributed by atoms with E-state index in [1.807, 2.05) is 0 Å². The number of rotatable bonds is 12. The maximum absolute atomic E-state index is 12.8. The summed E-state index contributed by atoms with van der Waals surface area (Å²) in [7, 11) is 0. The Balaban J connectivity index is 1.79. The molecule has 0 spiro atoms. The van der Waals surface area contributed by atoms with Crippen LogP contribution < -0.4 is 0 Å². The Kier molecular flexibility index (Phi) is 9.94. The normalized spacial score (nSPS) is 16.7. The van der Waals surface area contributed by atoms with Gasteiger partial charge in [0.15, 0.2) is 5.78 Å². The Morgan fingerprint density at radius 1 is 1.19 bits per heavy atom. The van der Waals surface area contributed by atoms with Crippen molar-refractivity contribution in [2.24, 2.45) is 0 Å². The van der Waals surface area contributed by atoms with Gasteiger partial charge in [0, 0.05) is 25.8 Å². The van der Waals surface area contributed by atoms with E-state index in [9.17, 15) is 27.6 Å². The van der Waals surface area contributed by atoms with E-state index in [4.69, 9.17) is 4.74 Å². The number of hydrogen-bond acceptors (Lipinski definition) is 4. The summed E-state index contributed by atoms with van der Waals surface area (Å²) in [5.41, 5.74) is -0.474. The molecule has 32 heavy (non-hydrogen) atoms. The third-order valence-electron chi connectivity index (χ3n) is 5.35. The van der Waals surface area contributed by atoms with E-state index in [1.54, 1.807) is 17.9 Å². The fourth-order valence-electron chi connectivity index (χ4n) is 3.72. The number of nitrogens with zero attached hydrogens (tertiary/aromatic N) is 1. The van der Waals surface area contributed by atoms with Crippen LogP contribution in [-0.2, 0) is 31.7 Å². The molecule has 1 fully saturated rings. The number of benzene rings is 1. The lowest BCUT2D eigenvalue weighted by Gasteiger charge is -2.22. The SMILES string of the molecule is CCOC(=O)CCCCCCN1C(=O)CC[C@@H]1C=CC(=O)Cc1cccc(C(F)(F)F)c1. The van der Waals surface area contributed by atoms with Crippen molar-refractivity contribution in [2.75, 3.05) is 13.2 Å². The van der Waals surface area contributed by atoms with Crippen LogP contribution in [0.15, 0.2) is 36.4 Å². The molecule has 1 atom stereocenters. The van der Waals surface area contributed by atoms with Crippen LogP contribution in [0.4, 0.5) is 13.2 Å². The molecule has 8 heteroatoms. The minimum atomic E-state index is -4.45. The van der Waals surface area contributed by atoms with Gasteiger partial charge in [-0.1, -0.05) is 37.1 Å². The van der Waals surface area contributed by atoms with Gasteiger partial charge in [-0.25, -0.2) is 0 Å². The second-order valence-electron chi connectivity index (χ2n) is 7.86. The lowest BCUT2D eigenvalue weighted by atomic mass is 10.0. The molecule has 2 rings (SSSR count). The van der Waals surface area contributed by atoms with E-state index in [2.05, 4.69) is 0 Å². The third kappa shape index (κ3) is 8.48. The summed E-state index contributed by atoms with van der Waals surface area (Å²) in [6.07, 6.45) is 3.23. The summed E-state index contributed by atoms with van der Waals surface area (Å²) in [5, 5.41) is 0. The number of carbonyl (C=O) groups is 3. The maximum atomic E-state index is 12.8. The molecule has 0 unspecified atom stereocenters. The number of likely N-dealkylation sites (tertiary alicyclic amines) is 1. The molecule has 0 N–H and O–H groups in total. The zero-order valence-electron chi connectivity index (χ0n) is 18.3. The van der Waals surface area contributed by atoms with Crippen LogP contribution in [0.3, 0.4) is 0 Å². The molecule has 1 aromatic carbocycles. The van der Waals surface area contributed by atoms with Crippen molar-refractivity contribution < 1.29 is 32.3 Å². The van der Waals surface area contributed by atoms with Crippen LogP contribution in [0.25, 0.3) is 0 Å². The highest BCUT2D eigenvalue weighted by Crippen LogP contribution is 2.29. The average molecular weight is 454 g/mol. The predicted octanol–water partition coefficient (Wildman–Crippen LogP) is 4.88.